The minimum absolute atomic E-state index is 0.0555. The summed E-state index contributed by atoms with van der Waals surface area (Å²) < 4.78 is 49.3. The van der Waals surface area contributed by atoms with Gasteiger partial charge in [0.1, 0.15) is 5.75 Å². The van der Waals surface area contributed by atoms with Crippen molar-refractivity contribution in [3.63, 3.8) is 0 Å². The van der Waals surface area contributed by atoms with Gasteiger partial charge in [-0.3, -0.25) is 9.52 Å². The quantitative estimate of drug-likeness (QED) is 0.362. The van der Waals surface area contributed by atoms with Crippen LogP contribution in [0.1, 0.15) is 12.5 Å². The number of amides is 1. The molecule has 0 bridgehead atoms. The summed E-state index contributed by atoms with van der Waals surface area (Å²) in [4.78, 5) is 12.5. The number of benzene rings is 3. The summed E-state index contributed by atoms with van der Waals surface area (Å²) in [7, 11) is 0.710. The van der Waals surface area contributed by atoms with Crippen molar-refractivity contribution in [3.8, 4) is 23.0 Å². The Morgan fingerprint density at radius 1 is 0.833 bits per heavy atom. The van der Waals surface area contributed by atoms with Crippen molar-refractivity contribution < 1.29 is 32.2 Å². The summed E-state index contributed by atoms with van der Waals surface area (Å²) in [5.74, 6) is 1.59. The molecule has 0 unspecified atom stereocenters. The molecule has 0 aliphatic rings. The maximum Gasteiger partial charge on any atom is 0.261 e. The number of hydrogen-bond donors (Lipinski definition) is 2. The molecule has 9 nitrogen and oxygen atoms in total. The fourth-order valence-corrected chi connectivity index (χ4v) is 4.38. The van der Waals surface area contributed by atoms with Crippen LogP contribution in [0.15, 0.2) is 71.6 Å². The molecule has 0 saturated carbocycles. The fraction of sp³-hybridized carbons (Fsp3) is 0.192. The Kier molecular flexibility index (Phi) is 8.80. The minimum Gasteiger partial charge on any atom is -0.494 e. The highest BCUT2D eigenvalue weighted by Crippen LogP contribution is 2.40. The van der Waals surface area contributed by atoms with Crippen molar-refractivity contribution in [1.29, 1.82) is 0 Å². The van der Waals surface area contributed by atoms with Crippen molar-refractivity contribution in [2.75, 3.05) is 38.0 Å². The SMILES string of the molecule is CCOc1ccc(NS(=O)(=O)c2ccc(NC(=O)/C=C/c3ccc(OC)c(OC)c3OC)cc2)cc1. The largest absolute Gasteiger partial charge is 0.494 e. The smallest absolute Gasteiger partial charge is 0.261 e. The summed E-state index contributed by atoms with van der Waals surface area (Å²) in [6.45, 7) is 2.39. The standard InChI is InChI=1S/C26H28N2O7S/c1-5-35-21-12-8-20(9-13-21)28-36(30,31)22-14-10-19(11-15-22)27-24(29)17-7-18-6-16-23(32-2)26(34-4)25(18)33-3/h6-17,28H,5H2,1-4H3,(H,27,29)/b17-7+. The second kappa shape index (κ2) is 12.0. The minimum atomic E-state index is -3.80. The topological polar surface area (TPSA) is 112 Å². The van der Waals surface area contributed by atoms with Crippen LogP contribution in [0.3, 0.4) is 0 Å². The van der Waals surface area contributed by atoms with E-state index in [1.807, 2.05) is 6.92 Å². The van der Waals surface area contributed by atoms with E-state index in [0.717, 1.165) is 0 Å². The van der Waals surface area contributed by atoms with Crippen LogP contribution in [0.4, 0.5) is 11.4 Å². The lowest BCUT2D eigenvalue weighted by atomic mass is 10.1. The molecule has 3 aromatic rings. The number of carbonyl (C=O) groups excluding carboxylic acids is 1. The van der Waals surface area contributed by atoms with E-state index in [-0.39, 0.29) is 4.90 Å². The third-order valence-corrected chi connectivity index (χ3v) is 6.40. The Morgan fingerprint density at radius 2 is 1.47 bits per heavy atom. The summed E-state index contributed by atoms with van der Waals surface area (Å²) in [5, 5.41) is 2.70. The first-order valence-corrected chi connectivity index (χ1v) is 12.4. The molecular formula is C26H28N2O7S. The number of methoxy groups -OCH3 is 3. The average molecular weight is 513 g/mol. The first-order valence-electron chi connectivity index (χ1n) is 10.9. The van der Waals surface area contributed by atoms with Gasteiger partial charge >= 0.3 is 0 Å². The molecule has 2 N–H and O–H groups in total. The molecule has 0 fully saturated rings. The molecule has 0 aliphatic carbocycles. The van der Waals surface area contributed by atoms with Gasteiger partial charge in [0.15, 0.2) is 11.5 Å². The molecule has 0 atom stereocenters. The molecular weight excluding hydrogens is 484 g/mol. The Morgan fingerprint density at radius 3 is 2.06 bits per heavy atom. The van der Waals surface area contributed by atoms with Crippen molar-refractivity contribution >= 4 is 33.4 Å². The zero-order valence-corrected chi connectivity index (χ0v) is 21.2. The third-order valence-electron chi connectivity index (χ3n) is 5.00. The highest BCUT2D eigenvalue weighted by Gasteiger charge is 2.16. The summed E-state index contributed by atoms with van der Waals surface area (Å²) >= 11 is 0. The number of rotatable bonds is 11. The molecule has 0 aromatic heterocycles. The molecule has 0 spiro atoms. The molecule has 190 valence electrons. The molecule has 0 heterocycles. The van der Waals surface area contributed by atoms with E-state index in [2.05, 4.69) is 10.0 Å². The van der Waals surface area contributed by atoms with Crippen molar-refractivity contribution in [3.05, 3.63) is 72.3 Å². The molecule has 3 rings (SSSR count). The zero-order chi connectivity index (χ0) is 26.1. The van der Waals surface area contributed by atoms with Crippen LogP contribution < -0.4 is 29.0 Å². The maximum atomic E-state index is 12.7. The van der Waals surface area contributed by atoms with E-state index in [0.29, 0.717) is 46.5 Å². The van der Waals surface area contributed by atoms with E-state index in [9.17, 15) is 13.2 Å². The first-order chi connectivity index (χ1) is 17.3. The van der Waals surface area contributed by atoms with Gasteiger partial charge in [0.25, 0.3) is 10.0 Å². The van der Waals surface area contributed by atoms with Crippen LogP contribution in [0.25, 0.3) is 6.08 Å². The number of sulfonamides is 1. The Balaban J connectivity index is 1.67. The van der Waals surface area contributed by atoms with Gasteiger partial charge in [-0.1, -0.05) is 0 Å². The predicted octanol–water partition coefficient (Wildman–Crippen LogP) is 4.56. The highest BCUT2D eigenvalue weighted by atomic mass is 32.2. The highest BCUT2D eigenvalue weighted by molar-refractivity contribution is 7.92. The number of anilines is 2. The first kappa shape index (κ1) is 26.4. The van der Waals surface area contributed by atoms with Gasteiger partial charge in [0.2, 0.25) is 11.7 Å². The molecule has 0 aliphatic heterocycles. The number of carbonyl (C=O) groups is 1. The molecule has 0 radical (unpaired) electrons. The van der Waals surface area contributed by atoms with Crippen LogP contribution in [-0.2, 0) is 14.8 Å². The Bertz CT molecular complexity index is 1320. The number of ether oxygens (including phenoxy) is 4. The predicted molar refractivity (Wildman–Crippen MR) is 139 cm³/mol. The molecule has 1 amide bonds. The second-order valence-electron chi connectivity index (χ2n) is 7.33. The van der Waals surface area contributed by atoms with Crippen LogP contribution >= 0.6 is 0 Å². The van der Waals surface area contributed by atoms with Gasteiger partial charge in [-0.25, -0.2) is 8.42 Å². The lowest BCUT2D eigenvalue weighted by Gasteiger charge is -2.14. The monoisotopic (exact) mass is 512 g/mol. The van der Waals surface area contributed by atoms with E-state index in [1.54, 1.807) is 42.5 Å². The average Bonchev–Trinajstić information content (AvgIpc) is 2.88. The van der Waals surface area contributed by atoms with Crippen LogP contribution in [0.5, 0.6) is 23.0 Å². The number of hydrogen-bond acceptors (Lipinski definition) is 7. The van der Waals surface area contributed by atoms with Crippen molar-refractivity contribution in [2.45, 2.75) is 11.8 Å². The lowest BCUT2D eigenvalue weighted by Crippen LogP contribution is -2.13. The van der Waals surface area contributed by atoms with Gasteiger partial charge in [-0.2, -0.15) is 0 Å². The van der Waals surface area contributed by atoms with Crippen LogP contribution in [0.2, 0.25) is 0 Å². The Labute approximate surface area is 210 Å². The summed E-state index contributed by atoms with van der Waals surface area (Å²) in [6, 6.07) is 15.9. The maximum absolute atomic E-state index is 12.7. The van der Waals surface area contributed by atoms with Crippen molar-refractivity contribution in [2.24, 2.45) is 0 Å². The van der Waals surface area contributed by atoms with E-state index in [1.165, 1.54) is 51.7 Å². The third kappa shape index (κ3) is 6.48. The summed E-state index contributed by atoms with van der Waals surface area (Å²) in [6.07, 6.45) is 2.91. The van der Waals surface area contributed by atoms with Crippen molar-refractivity contribution in [1.82, 2.24) is 0 Å². The normalized spacial score (nSPS) is 11.1. The lowest BCUT2D eigenvalue weighted by molar-refractivity contribution is -0.111. The van der Waals surface area contributed by atoms with Crippen LogP contribution in [0, 0.1) is 0 Å². The summed E-state index contributed by atoms with van der Waals surface area (Å²) in [5.41, 5.74) is 1.46. The van der Waals surface area contributed by atoms with Gasteiger partial charge in [-0.05, 0) is 73.7 Å². The fourth-order valence-electron chi connectivity index (χ4n) is 3.32. The van der Waals surface area contributed by atoms with Gasteiger partial charge in [0, 0.05) is 23.0 Å². The van der Waals surface area contributed by atoms with Gasteiger partial charge < -0.3 is 24.3 Å². The van der Waals surface area contributed by atoms with E-state index < -0.39 is 15.9 Å². The molecule has 36 heavy (non-hydrogen) atoms. The van der Waals surface area contributed by atoms with Gasteiger partial charge in [0.05, 0.1) is 32.8 Å². The van der Waals surface area contributed by atoms with Gasteiger partial charge in [-0.15, -0.1) is 0 Å². The van der Waals surface area contributed by atoms with E-state index >= 15 is 0 Å². The van der Waals surface area contributed by atoms with E-state index in [4.69, 9.17) is 18.9 Å². The molecule has 0 saturated heterocycles. The zero-order valence-electron chi connectivity index (χ0n) is 20.4. The second-order valence-corrected chi connectivity index (χ2v) is 9.02. The molecule has 3 aromatic carbocycles. The Hall–Kier alpha value is -4.18. The number of nitrogens with one attached hydrogen (secondary N) is 2. The molecule has 10 heteroatoms. The van der Waals surface area contributed by atoms with Crippen LogP contribution in [-0.4, -0.2) is 42.3 Å².